The van der Waals surface area contributed by atoms with Crippen LogP contribution in [0.1, 0.15) is 142 Å². The third kappa shape index (κ3) is 21.6. The standard InChI is InChI=1S/C40H73NO10/c1-3-5-7-9-11-13-14-15-16-17-18-19-20-22-23-25-27-32(43)35(45)31(30-50-40-38(48)37(47)36(46)34(29-42)51-40)41-39(49)33(44)28-26-24-21-12-10-8-6-4-2/h16-17,20-22,24,31-38,40,42-48H,3-15,18-19,23,25-30H2,1-2H3,(H,41,49)/b17-16+,22-20+,24-21-. The van der Waals surface area contributed by atoms with E-state index in [-0.39, 0.29) is 12.8 Å². The molecule has 1 rings (SSSR count). The van der Waals surface area contributed by atoms with Gasteiger partial charge in [0.1, 0.15) is 36.6 Å². The lowest BCUT2D eigenvalue weighted by molar-refractivity contribution is -0.303. The number of allylic oxidation sites excluding steroid dienone is 6. The number of carbonyl (C=O) groups is 1. The molecule has 0 aromatic carbocycles. The molecule has 0 saturated carbocycles. The Morgan fingerprint density at radius 2 is 1.18 bits per heavy atom. The zero-order chi connectivity index (χ0) is 37.7. The summed E-state index contributed by atoms with van der Waals surface area (Å²) in [5, 5.41) is 75.0. The Morgan fingerprint density at radius 3 is 1.76 bits per heavy atom. The molecule has 1 heterocycles. The van der Waals surface area contributed by atoms with Crippen molar-refractivity contribution in [2.24, 2.45) is 0 Å². The number of aliphatic hydroxyl groups is 7. The van der Waals surface area contributed by atoms with Crippen LogP contribution in [-0.4, -0.2) is 110 Å². The number of hydrogen-bond donors (Lipinski definition) is 8. The first kappa shape index (κ1) is 47.4. The van der Waals surface area contributed by atoms with Gasteiger partial charge in [-0.3, -0.25) is 4.79 Å². The minimum atomic E-state index is -1.67. The predicted octanol–water partition coefficient (Wildman–Crippen LogP) is 4.88. The maximum absolute atomic E-state index is 12.9. The molecule has 0 aliphatic carbocycles. The number of aliphatic hydroxyl groups excluding tert-OH is 7. The van der Waals surface area contributed by atoms with Crippen LogP contribution < -0.4 is 5.32 Å². The van der Waals surface area contributed by atoms with Gasteiger partial charge in [0, 0.05) is 0 Å². The molecule has 0 spiro atoms. The van der Waals surface area contributed by atoms with E-state index in [0.29, 0.717) is 19.3 Å². The van der Waals surface area contributed by atoms with Crippen LogP contribution in [0, 0.1) is 0 Å². The van der Waals surface area contributed by atoms with Gasteiger partial charge < -0.3 is 50.5 Å². The van der Waals surface area contributed by atoms with Crippen molar-refractivity contribution in [2.75, 3.05) is 13.2 Å². The van der Waals surface area contributed by atoms with Crippen LogP contribution in [0.4, 0.5) is 0 Å². The fourth-order valence-electron chi connectivity index (χ4n) is 5.98. The number of carbonyl (C=O) groups excluding carboxylic acids is 1. The van der Waals surface area contributed by atoms with E-state index < -0.39 is 74.2 Å². The average Bonchev–Trinajstić information content (AvgIpc) is 3.13. The van der Waals surface area contributed by atoms with Crippen molar-refractivity contribution in [3.63, 3.8) is 0 Å². The maximum Gasteiger partial charge on any atom is 0.249 e. The molecular weight excluding hydrogens is 654 g/mol. The lowest BCUT2D eigenvalue weighted by atomic mass is 9.99. The van der Waals surface area contributed by atoms with E-state index in [4.69, 9.17) is 9.47 Å². The Balaban J connectivity index is 2.59. The molecule has 1 saturated heterocycles. The van der Waals surface area contributed by atoms with Crippen molar-refractivity contribution in [1.82, 2.24) is 5.32 Å². The van der Waals surface area contributed by atoms with Crippen molar-refractivity contribution < 1.29 is 50.0 Å². The second-order valence-corrected chi connectivity index (χ2v) is 14.0. The summed E-state index contributed by atoms with van der Waals surface area (Å²) < 4.78 is 11.0. The monoisotopic (exact) mass is 728 g/mol. The third-order valence-corrected chi connectivity index (χ3v) is 9.40. The summed E-state index contributed by atoms with van der Waals surface area (Å²) in [7, 11) is 0. The van der Waals surface area contributed by atoms with Crippen LogP contribution in [0.3, 0.4) is 0 Å². The van der Waals surface area contributed by atoms with Gasteiger partial charge >= 0.3 is 0 Å². The first-order valence-corrected chi connectivity index (χ1v) is 19.9. The quantitative estimate of drug-likeness (QED) is 0.0361. The van der Waals surface area contributed by atoms with Crippen molar-refractivity contribution in [3.05, 3.63) is 36.5 Å². The van der Waals surface area contributed by atoms with Gasteiger partial charge in [-0.25, -0.2) is 0 Å². The maximum atomic E-state index is 12.9. The SMILES string of the molecule is CCCCCC/C=C\CCC(O)C(=O)NC(COC1OC(CO)C(O)C(O)C1O)C(O)C(O)CCC/C=C/CC/C=C/CCCCCCCCC. The first-order chi connectivity index (χ1) is 24.7. The summed E-state index contributed by atoms with van der Waals surface area (Å²) in [6.45, 7) is 3.30. The number of nitrogens with one attached hydrogen (secondary N) is 1. The molecule has 0 radical (unpaired) electrons. The summed E-state index contributed by atoms with van der Waals surface area (Å²) in [5.41, 5.74) is 0. The van der Waals surface area contributed by atoms with Gasteiger partial charge in [0.25, 0.3) is 0 Å². The van der Waals surface area contributed by atoms with E-state index >= 15 is 0 Å². The topological polar surface area (TPSA) is 189 Å². The van der Waals surface area contributed by atoms with Crippen LogP contribution >= 0.6 is 0 Å². The zero-order valence-corrected chi connectivity index (χ0v) is 31.6. The summed E-state index contributed by atoms with van der Waals surface area (Å²) in [6.07, 6.45) is 20.9. The minimum absolute atomic E-state index is 0.164. The molecule has 51 heavy (non-hydrogen) atoms. The largest absolute Gasteiger partial charge is 0.394 e. The Bertz CT molecular complexity index is 929. The number of ether oxygens (including phenoxy) is 2. The molecule has 0 aromatic heterocycles. The van der Waals surface area contributed by atoms with E-state index in [1.54, 1.807) is 0 Å². The molecule has 298 valence electrons. The predicted molar refractivity (Wildman–Crippen MR) is 201 cm³/mol. The van der Waals surface area contributed by atoms with Gasteiger partial charge in [0.05, 0.1) is 25.4 Å². The number of amides is 1. The van der Waals surface area contributed by atoms with Gasteiger partial charge in [-0.05, 0) is 70.6 Å². The highest BCUT2D eigenvalue weighted by atomic mass is 16.7. The molecule has 0 aromatic rings. The molecule has 1 aliphatic rings. The van der Waals surface area contributed by atoms with Gasteiger partial charge in [-0.1, -0.05) is 108 Å². The summed E-state index contributed by atoms with van der Waals surface area (Å²) in [4.78, 5) is 12.9. The van der Waals surface area contributed by atoms with Crippen LogP contribution in [-0.2, 0) is 14.3 Å². The van der Waals surface area contributed by atoms with Gasteiger partial charge in [-0.15, -0.1) is 0 Å². The zero-order valence-electron chi connectivity index (χ0n) is 31.6. The fraction of sp³-hybridized carbons (Fsp3) is 0.825. The lowest BCUT2D eigenvalue weighted by Crippen LogP contribution is -2.60. The number of rotatable bonds is 31. The van der Waals surface area contributed by atoms with E-state index in [9.17, 15) is 40.5 Å². The minimum Gasteiger partial charge on any atom is -0.394 e. The Labute approximate surface area is 307 Å². The van der Waals surface area contributed by atoms with Crippen LogP contribution in [0.25, 0.3) is 0 Å². The van der Waals surface area contributed by atoms with Crippen molar-refractivity contribution in [3.8, 4) is 0 Å². The molecule has 0 bridgehead atoms. The van der Waals surface area contributed by atoms with E-state index in [1.165, 1.54) is 64.2 Å². The molecule has 8 N–H and O–H groups in total. The summed E-state index contributed by atoms with van der Waals surface area (Å²) >= 11 is 0. The van der Waals surface area contributed by atoms with Gasteiger partial charge in [0.15, 0.2) is 6.29 Å². The second-order valence-electron chi connectivity index (χ2n) is 14.0. The molecule has 1 fully saturated rings. The van der Waals surface area contributed by atoms with Gasteiger partial charge in [0.2, 0.25) is 5.91 Å². The molecule has 9 unspecified atom stereocenters. The molecule has 11 nitrogen and oxygen atoms in total. The normalized spacial score (nSPS) is 23.7. The van der Waals surface area contributed by atoms with Gasteiger partial charge in [-0.2, -0.15) is 0 Å². The Kier molecular flexibility index (Phi) is 28.6. The molecule has 1 amide bonds. The van der Waals surface area contributed by atoms with Crippen molar-refractivity contribution >= 4 is 5.91 Å². The second kappa shape index (κ2) is 30.8. The molecule has 9 atom stereocenters. The Hall–Kier alpha value is -1.67. The number of hydrogen-bond acceptors (Lipinski definition) is 10. The van der Waals surface area contributed by atoms with E-state index in [2.05, 4.69) is 43.5 Å². The Morgan fingerprint density at radius 1 is 0.667 bits per heavy atom. The van der Waals surface area contributed by atoms with E-state index in [0.717, 1.165) is 32.1 Å². The summed E-state index contributed by atoms with van der Waals surface area (Å²) in [5.74, 6) is -0.751. The van der Waals surface area contributed by atoms with Crippen LogP contribution in [0.5, 0.6) is 0 Å². The highest BCUT2D eigenvalue weighted by molar-refractivity contribution is 5.80. The lowest BCUT2D eigenvalue weighted by Gasteiger charge is -2.40. The van der Waals surface area contributed by atoms with Crippen molar-refractivity contribution in [1.29, 1.82) is 0 Å². The number of unbranched alkanes of at least 4 members (excludes halogenated alkanes) is 13. The van der Waals surface area contributed by atoms with Crippen LogP contribution in [0.2, 0.25) is 0 Å². The van der Waals surface area contributed by atoms with Crippen LogP contribution in [0.15, 0.2) is 36.5 Å². The highest BCUT2D eigenvalue weighted by Gasteiger charge is 2.44. The first-order valence-electron chi connectivity index (χ1n) is 19.9. The molecule has 1 aliphatic heterocycles. The smallest absolute Gasteiger partial charge is 0.249 e. The molecule has 11 heteroatoms. The third-order valence-electron chi connectivity index (χ3n) is 9.40. The fourth-order valence-corrected chi connectivity index (χ4v) is 5.98. The highest BCUT2D eigenvalue weighted by Crippen LogP contribution is 2.23. The summed E-state index contributed by atoms with van der Waals surface area (Å²) in [6, 6.07) is -1.20. The van der Waals surface area contributed by atoms with E-state index in [1.807, 2.05) is 12.2 Å². The average molecular weight is 728 g/mol. The van der Waals surface area contributed by atoms with Crippen molar-refractivity contribution in [2.45, 2.75) is 197 Å². The molecular formula is C40H73NO10.